The Balaban J connectivity index is 3.11. The van der Waals surface area contributed by atoms with E-state index in [2.05, 4.69) is 0 Å². The number of aliphatic hydroxyl groups is 1. The second-order valence-electron chi connectivity index (χ2n) is 2.79. The third-order valence-corrected chi connectivity index (χ3v) is 1.77. The highest BCUT2D eigenvalue weighted by Crippen LogP contribution is 2.16. The molecule has 0 bridgehead atoms. The molecule has 1 aromatic carbocycles. The molecule has 1 rings (SSSR count). The predicted molar refractivity (Wildman–Crippen MR) is 44.9 cm³/mol. The second-order valence-corrected chi connectivity index (χ2v) is 2.79. The third-order valence-electron chi connectivity index (χ3n) is 1.77. The van der Waals surface area contributed by atoms with Crippen LogP contribution in [0.2, 0.25) is 0 Å². The zero-order chi connectivity index (χ0) is 9.14. The fourth-order valence-electron chi connectivity index (χ4n) is 1.16. The summed E-state index contributed by atoms with van der Waals surface area (Å²) in [6.07, 6.45) is 0. The summed E-state index contributed by atoms with van der Waals surface area (Å²) in [5, 5.41) is 8.87. The second kappa shape index (κ2) is 3.65. The van der Waals surface area contributed by atoms with E-state index in [1.807, 2.05) is 0 Å². The van der Waals surface area contributed by atoms with Crippen LogP contribution in [0.1, 0.15) is 24.1 Å². The Morgan fingerprint density at radius 3 is 2.75 bits per heavy atom. The van der Waals surface area contributed by atoms with Crippen LogP contribution in [0.4, 0.5) is 4.39 Å². The average Bonchev–Trinajstić information content (AvgIpc) is 2.03. The first-order valence-electron chi connectivity index (χ1n) is 3.80. The summed E-state index contributed by atoms with van der Waals surface area (Å²) in [4.78, 5) is 0. The molecule has 0 fully saturated rings. The summed E-state index contributed by atoms with van der Waals surface area (Å²) in [6, 6.07) is 4.08. The topological polar surface area (TPSA) is 46.2 Å². The van der Waals surface area contributed by atoms with Crippen molar-refractivity contribution in [1.82, 2.24) is 0 Å². The van der Waals surface area contributed by atoms with Crippen LogP contribution in [0.5, 0.6) is 0 Å². The van der Waals surface area contributed by atoms with E-state index >= 15 is 0 Å². The summed E-state index contributed by atoms with van der Waals surface area (Å²) < 4.78 is 12.6. The van der Waals surface area contributed by atoms with Gasteiger partial charge >= 0.3 is 0 Å². The first-order valence-corrected chi connectivity index (χ1v) is 3.80. The lowest BCUT2D eigenvalue weighted by Gasteiger charge is -2.10. The van der Waals surface area contributed by atoms with Crippen LogP contribution in [0.3, 0.4) is 0 Å². The first kappa shape index (κ1) is 9.16. The summed E-state index contributed by atoms with van der Waals surface area (Å²) >= 11 is 0. The predicted octanol–water partition coefficient (Wildman–Crippen LogP) is 1.34. The van der Waals surface area contributed by atoms with Gasteiger partial charge < -0.3 is 10.8 Å². The van der Waals surface area contributed by atoms with E-state index in [9.17, 15) is 4.39 Å². The minimum absolute atomic E-state index is 0.172. The fraction of sp³-hybridized carbons (Fsp3) is 0.333. The molecule has 0 aromatic heterocycles. The van der Waals surface area contributed by atoms with E-state index in [0.29, 0.717) is 5.56 Å². The van der Waals surface area contributed by atoms with E-state index in [4.69, 9.17) is 10.8 Å². The lowest BCUT2D eigenvalue weighted by Crippen LogP contribution is -2.08. The molecule has 12 heavy (non-hydrogen) atoms. The van der Waals surface area contributed by atoms with E-state index in [1.165, 1.54) is 12.1 Å². The molecule has 0 saturated heterocycles. The number of aliphatic hydroxyl groups excluding tert-OH is 1. The molecular formula is C9H12FNO. The maximum absolute atomic E-state index is 12.6. The highest BCUT2D eigenvalue weighted by Gasteiger charge is 2.06. The summed E-state index contributed by atoms with van der Waals surface area (Å²) in [7, 11) is 0. The minimum Gasteiger partial charge on any atom is -0.392 e. The van der Waals surface area contributed by atoms with Crippen LogP contribution in [0.25, 0.3) is 0 Å². The molecule has 0 unspecified atom stereocenters. The molecule has 0 radical (unpaired) electrons. The van der Waals surface area contributed by atoms with E-state index in [-0.39, 0.29) is 18.5 Å². The van der Waals surface area contributed by atoms with Gasteiger partial charge in [-0.2, -0.15) is 0 Å². The van der Waals surface area contributed by atoms with Gasteiger partial charge in [0, 0.05) is 6.04 Å². The van der Waals surface area contributed by atoms with Crippen LogP contribution in [-0.2, 0) is 6.61 Å². The largest absolute Gasteiger partial charge is 0.392 e. The van der Waals surface area contributed by atoms with Crippen LogP contribution >= 0.6 is 0 Å². The van der Waals surface area contributed by atoms with Crippen LogP contribution in [-0.4, -0.2) is 5.11 Å². The van der Waals surface area contributed by atoms with Gasteiger partial charge in [-0.3, -0.25) is 0 Å². The van der Waals surface area contributed by atoms with Crippen molar-refractivity contribution >= 4 is 0 Å². The number of hydrogen-bond donors (Lipinski definition) is 2. The van der Waals surface area contributed by atoms with Gasteiger partial charge in [-0.1, -0.05) is 6.07 Å². The smallest absolute Gasteiger partial charge is 0.123 e. The van der Waals surface area contributed by atoms with E-state index < -0.39 is 0 Å². The molecule has 0 saturated carbocycles. The third kappa shape index (κ3) is 1.81. The highest BCUT2D eigenvalue weighted by atomic mass is 19.1. The van der Waals surface area contributed by atoms with Crippen molar-refractivity contribution in [3.05, 3.63) is 35.1 Å². The minimum atomic E-state index is -0.344. The van der Waals surface area contributed by atoms with Gasteiger partial charge in [0.2, 0.25) is 0 Å². The normalized spacial score (nSPS) is 13.0. The van der Waals surface area contributed by atoms with Crippen molar-refractivity contribution in [2.75, 3.05) is 0 Å². The molecule has 0 aliphatic carbocycles. The average molecular weight is 169 g/mol. The summed E-state index contributed by atoms with van der Waals surface area (Å²) in [5.74, 6) is -0.344. The van der Waals surface area contributed by atoms with Crippen LogP contribution in [0.15, 0.2) is 18.2 Å². The Bertz CT molecular complexity index is 273. The van der Waals surface area contributed by atoms with Crippen molar-refractivity contribution in [1.29, 1.82) is 0 Å². The molecule has 1 aromatic rings. The van der Waals surface area contributed by atoms with Crippen molar-refractivity contribution in [2.45, 2.75) is 19.6 Å². The lowest BCUT2D eigenvalue weighted by molar-refractivity contribution is 0.279. The van der Waals surface area contributed by atoms with E-state index in [1.54, 1.807) is 13.0 Å². The summed E-state index contributed by atoms with van der Waals surface area (Å²) in [5.41, 5.74) is 6.96. The number of nitrogens with two attached hydrogens (primary N) is 1. The molecule has 0 amide bonds. The van der Waals surface area contributed by atoms with E-state index in [0.717, 1.165) is 5.56 Å². The van der Waals surface area contributed by atoms with Gasteiger partial charge in [0.15, 0.2) is 0 Å². The fourth-order valence-corrected chi connectivity index (χ4v) is 1.16. The van der Waals surface area contributed by atoms with Gasteiger partial charge in [0.05, 0.1) is 6.61 Å². The van der Waals surface area contributed by atoms with Crippen molar-refractivity contribution in [3.63, 3.8) is 0 Å². The van der Waals surface area contributed by atoms with Crippen molar-refractivity contribution < 1.29 is 9.50 Å². The molecule has 1 atom stereocenters. The zero-order valence-corrected chi connectivity index (χ0v) is 6.92. The molecule has 0 heterocycles. The Morgan fingerprint density at radius 1 is 1.58 bits per heavy atom. The molecule has 3 N–H and O–H groups in total. The molecule has 3 heteroatoms. The molecule has 0 aliphatic heterocycles. The van der Waals surface area contributed by atoms with Crippen molar-refractivity contribution in [3.8, 4) is 0 Å². The Labute approximate surface area is 70.8 Å². The zero-order valence-electron chi connectivity index (χ0n) is 6.92. The van der Waals surface area contributed by atoms with Crippen LogP contribution < -0.4 is 5.73 Å². The molecule has 0 aliphatic rings. The Hall–Kier alpha value is -0.930. The molecule has 2 nitrogen and oxygen atoms in total. The van der Waals surface area contributed by atoms with Crippen molar-refractivity contribution in [2.24, 2.45) is 5.73 Å². The number of hydrogen-bond acceptors (Lipinski definition) is 2. The number of benzene rings is 1. The van der Waals surface area contributed by atoms with Gasteiger partial charge in [-0.25, -0.2) is 4.39 Å². The molecule has 66 valence electrons. The van der Waals surface area contributed by atoms with Gasteiger partial charge in [-0.15, -0.1) is 0 Å². The van der Waals surface area contributed by atoms with Gasteiger partial charge in [-0.05, 0) is 30.2 Å². The highest BCUT2D eigenvalue weighted by molar-refractivity contribution is 5.29. The molecule has 0 spiro atoms. The number of rotatable bonds is 2. The Morgan fingerprint density at radius 2 is 2.25 bits per heavy atom. The molecular weight excluding hydrogens is 157 g/mol. The maximum Gasteiger partial charge on any atom is 0.123 e. The summed E-state index contributed by atoms with van der Waals surface area (Å²) in [6.45, 7) is 1.63. The Kier molecular flexibility index (Phi) is 2.78. The van der Waals surface area contributed by atoms with Crippen LogP contribution in [0, 0.1) is 5.82 Å². The monoisotopic (exact) mass is 169 g/mol. The standard InChI is InChI=1S/C9H12FNO/c1-6(11)9-3-2-8(10)4-7(9)5-12/h2-4,6,12H,5,11H2,1H3/t6-/m1/s1. The SMILES string of the molecule is C[C@@H](N)c1ccc(F)cc1CO. The number of halogens is 1. The van der Waals surface area contributed by atoms with Gasteiger partial charge in [0.1, 0.15) is 5.82 Å². The first-order chi connectivity index (χ1) is 5.65. The quantitative estimate of drug-likeness (QED) is 0.701. The van der Waals surface area contributed by atoms with Gasteiger partial charge in [0.25, 0.3) is 0 Å². The maximum atomic E-state index is 12.6. The lowest BCUT2D eigenvalue weighted by atomic mass is 10.0.